The van der Waals surface area contributed by atoms with Gasteiger partial charge in [0.25, 0.3) is 0 Å². The monoisotopic (exact) mass is 335 g/mol. The highest BCUT2D eigenvalue weighted by Gasteiger charge is 2.15. The lowest BCUT2D eigenvalue weighted by Gasteiger charge is -2.30. The van der Waals surface area contributed by atoms with Crippen LogP contribution in [0.3, 0.4) is 0 Å². The van der Waals surface area contributed by atoms with E-state index in [1.165, 1.54) is 25.9 Å². The quantitative estimate of drug-likeness (QED) is 0.754. The zero-order valence-electron chi connectivity index (χ0n) is 14.7. The molecule has 1 unspecified atom stereocenters. The van der Waals surface area contributed by atoms with Gasteiger partial charge in [-0.2, -0.15) is 0 Å². The number of likely N-dealkylation sites (tertiary alicyclic amines) is 1. The molecule has 0 bridgehead atoms. The van der Waals surface area contributed by atoms with Crippen LogP contribution in [0.4, 0.5) is 0 Å². The summed E-state index contributed by atoms with van der Waals surface area (Å²) in [6.45, 7) is 6.50. The molecular formula is C21H25N3O. The third-order valence-corrected chi connectivity index (χ3v) is 4.93. The number of hydrogen-bond donors (Lipinski definition) is 1. The van der Waals surface area contributed by atoms with Gasteiger partial charge < -0.3 is 9.72 Å². The Labute approximate surface area is 148 Å². The molecule has 1 aliphatic heterocycles. The fourth-order valence-corrected chi connectivity index (χ4v) is 3.58. The number of nitrogens with one attached hydrogen (secondary N) is 1. The number of rotatable bonds is 5. The van der Waals surface area contributed by atoms with E-state index in [9.17, 15) is 0 Å². The van der Waals surface area contributed by atoms with Crippen LogP contribution in [0, 0.1) is 5.92 Å². The summed E-state index contributed by atoms with van der Waals surface area (Å²) in [6, 6.07) is 16.3. The highest BCUT2D eigenvalue weighted by atomic mass is 16.5. The van der Waals surface area contributed by atoms with E-state index < -0.39 is 0 Å². The van der Waals surface area contributed by atoms with E-state index in [1.807, 2.05) is 36.4 Å². The average molecular weight is 335 g/mol. The third-order valence-electron chi connectivity index (χ3n) is 4.93. The number of para-hydroxylation sites is 2. The average Bonchev–Trinajstić information content (AvgIpc) is 3.06. The van der Waals surface area contributed by atoms with Crippen LogP contribution in [0.25, 0.3) is 22.4 Å². The van der Waals surface area contributed by atoms with Gasteiger partial charge in [-0.05, 0) is 61.7 Å². The van der Waals surface area contributed by atoms with Crippen molar-refractivity contribution in [3.05, 3.63) is 48.5 Å². The molecule has 4 rings (SSSR count). The SMILES string of the molecule is CC1CCCN(CCOc2ccc(-c3nc4ccccc4[nH]3)cc2)C1. The number of aromatic amines is 1. The molecular weight excluding hydrogens is 310 g/mol. The number of H-pyrrole nitrogens is 1. The van der Waals surface area contributed by atoms with Crippen molar-refractivity contribution >= 4 is 11.0 Å². The Morgan fingerprint density at radius 2 is 2.00 bits per heavy atom. The molecule has 0 radical (unpaired) electrons. The second kappa shape index (κ2) is 7.28. The standard InChI is InChI=1S/C21H25N3O/c1-16-5-4-12-24(15-16)13-14-25-18-10-8-17(9-11-18)21-22-19-6-2-3-7-20(19)23-21/h2-3,6-11,16H,4-5,12-15H2,1H3,(H,22,23). The van der Waals surface area contributed by atoms with E-state index in [0.717, 1.165) is 47.2 Å². The number of ether oxygens (including phenoxy) is 1. The number of aromatic nitrogens is 2. The summed E-state index contributed by atoms with van der Waals surface area (Å²) in [7, 11) is 0. The van der Waals surface area contributed by atoms with Gasteiger partial charge >= 0.3 is 0 Å². The maximum Gasteiger partial charge on any atom is 0.138 e. The minimum absolute atomic E-state index is 0.747. The Bertz CT molecular complexity index is 792. The first-order valence-corrected chi connectivity index (χ1v) is 9.18. The van der Waals surface area contributed by atoms with E-state index in [0.29, 0.717) is 0 Å². The van der Waals surface area contributed by atoms with Crippen LogP contribution in [0.15, 0.2) is 48.5 Å². The molecule has 3 aromatic rings. The molecule has 4 nitrogen and oxygen atoms in total. The highest BCUT2D eigenvalue weighted by Crippen LogP contribution is 2.23. The van der Waals surface area contributed by atoms with Gasteiger partial charge in [0.05, 0.1) is 11.0 Å². The summed E-state index contributed by atoms with van der Waals surface area (Å²) >= 11 is 0. The van der Waals surface area contributed by atoms with Crippen molar-refractivity contribution in [3.8, 4) is 17.1 Å². The van der Waals surface area contributed by atoms with Crippen LogP contribution in [-0.4, -0.2) is 41.1 Å². The topological polar surface area (TPSA) is 41.1 Å². The van der Waals surface area contributed by atoms with E-state index >= 15 is 0 Å². The molecule has 0 spiro atoms. The van der Waals surface area contributed by atoms with Crippen LogP contribution < -0.4 is 4.74 Å². The fourth-order valence-electron chi connectivity index (χ4n) is 3.58. The van der Waals surface area contributed by atoms with Crippen LogP contribution in [-0.2, 0) is 0 Å². The summed E-state index contributed by atoms with van der Waals surface area (Å²) in [5.74, 6) is 2.64. The minimum atomic E-state index is 0.747. The lowest BCUT2D eigenvalue weighted by molar-refractivity contribution is 0.153. The van der Waals surface area contributed by atoms with Crippen molar-refractivity contribution < 1.29 is 4.74 Å². The largest absolute Gasteiger partial charge is 0.492 e. The summed E-state index contributed by atoms with van der Waals surface area (Å²) < 4.78 is 5.92. The lowest BCUT2D eigenvalue weighted by atomic mass is 10.0. The van der Waals surface area contributed by atoms with Gasteiger partial charge in [-0.3, -0.25) is 4.90 Å². The smallest absolute Gasteiger partial charge is 0.138 e. The van der Waals surface area contributed by atoms with Crippen molar-refractivity contribution in [2.75, 3.05) is 26.2 Å². The van der Waals surface area contributed by atoms with Crippen molar-refractivity contribution in [3.63, 3.8) is 0 Å². The molecule has 1 fully saturated rings. The summed E-state index contributed by atoms with van der Waals surface area (Å²) in [4.78, 5) is 10.5. The van der Waals surface area contributed by atoms with Crippen LogP contribution in [0.2, 0.25) is 0 Å². The molecule has 1 atom stereocenters. The van der Waals surface area contributed by atoms with Crippen molar-refractivity contribution in [2.45, 2.75) is 19.8 Å². The first-order valence-electron chi connectivity index (χ1n) is 9.18. The zero-order valence-corrected chi connectivity index (χ0v) is 14.7. The second-order valence-corrected chi connectivity index (χ2v) is 7.02. The first-order chi connectivity index (χ1) is 12.3. The van der Waals surface area contributed by atoms with Gasteiger partial charge in [-0.25, -0.2) is 4.98 Å². The maximum absolute atomic E-state index is 5.92. The Morgan fingerprint density at radius 3 is 2.80 bits per heavy atom. The molecule has 0 aliphatic carbocycles. The van der Waals surface area contributed by atoms with Crippen LogP contribution in [0.1, 0.15) is 19.8 Å². The predicted molar refractivity (Wildman–Crippen MR) is 102 cm³/mol. The predicted octanol–water partition coefficient (Wildman–Crippen LogP) is 4.34. The van der Waals surface area contributed by atoms with Crippen molar-refractivity contribution in [1.82, 2.24) is 14.9 Å². The number of imidazole rings is 1. The normalized spacial score (nSPS) is 18.5. The summed E-state index contributed by atoms with van der Waals surface area (Å²) in [5, 5.41) is 0. The van der Waals surface area contributed by atoms with Crippen molar-refractivity contribution in [2.24, 2.45) is 5.92 Å². The fraction of sp³-hybridized carbons (Fsp3) is 0.381. The van der Waals surface area contributed by atoms with Gasteiger partial charge in [0.15, 0.2) is 0 Å². The molecule has 1 aromatic heterocycles. The second-order valence-electron chi connectivity index (χ2n) is 7.02. The lowest BCUT2D eigenvalue weighted by Crippen LogP contribution is -2.37. The maximum atomic E-state index is 5.92. The number of benzene rings is 2. The van der Waals surface area contributed by atoms with Gasteiger partial charge in [0.2, 0.25) is 0 Å². The molecule has 1 saturated heterocycles. The number of nitrogens with zero attached hydrogens (tertiary/aromatic N) is 2. The van der Waals surface area contributed by atoms with Gasteiger partial charge in [-0.1, -0.05) is 19.1 Å². The van der Waals surface area contributed by atoms with E-state index in [2.05, 4.69) is 33.9 Å². The van der Waals surface area contributed by atoms with E-state index in [-0.39, 0.29) is 0 Å². The molecule has 0 saturated carbocycles. The Morgan fingerprint density at radius 1 is 1.16 bits per heavy atom. The zero-order chi connectivity index (χ0) is 17.1. The number of piperidine rings is 1. The molecule has 25 heavy (non-hydrogen) atoms. The summed E-state index contributed by atoms with van der Waals surface area (Å²) in [5.41, 5.74) is 3.13. The Kier molecular flexibility index (Phi) is 4.70. The van der Waals surface area contributed by atoms with Crippen LogP contribution in [0.5, 0.6) is 5.75 Å². The molecule has 1 N–H and O–H groups in total. The Hall–Kier alpha value is -2.33. The molecule has 130 valence electrons. The van der Waals surface area contributed by atoms with Gasteiger partial charge in [-0.15, -0.1) is 0 Å². The van der Waals surface area contributed by atoms with E-state index in [4.69, 9.17) is 4.74 Å². The molecule has 2 aromatic carbocycles. The Balaban J connectivity index is 1.35. The summed E-state index contributed by atoms with van der Waals surface area (Å²) in [6.07, 6.45) is 2.67. The number of fused-ring (bicyclic) bond motifs is 1. The first kappa shape index (κ1) is 16.2. The third kappa shape index (κ3) is 3.85. The van der Waals surface area contributed by atoms with Gasteiger partial charge in [0.1, 0.15) is 18.2 Å². The molecule has 1 aliphatic rings. The molecule has 4 heteroatoms. The minimum Gasteiger partial charge on any atom is -0.492 e. The molecule has 0 amide bonds. The highest BCUT2D eigenvalue weighted by molar-refractivity contribution is 5.79. The van der Waals surface area contributed by atoms with Crippen LogP contribution >= 0.6 is 0 Å². The van der Waals surface area contributed by atoms with Gasteiger partial charge in [0, 0.05) is 18.7 Å². The molecule has 2 heterocycles. The number of hydrogen-bond acceptors (Lipinski definition) is 3. The van der Waals surface area contributed by atoms with Crippen molar-refractivity contribution in [1.29, 1.82) is 0 Å². The van der Waals surface area contributed by atoms with E-state index in [1.54, 1.807) is 0 Å².